The molecular formula is C5H11NO2S. The molecule has 0 saturated carbocycles. The molecule has 0 radical (unpaired) electrons. The van der Waals surface area contributed by atoms with E-state index >= 15 is 0 Å². The summed E-state index contributed by atoms with van der Waals surface area (Å²) in [6.45, 7) is 4.97. The molecule has 1 aliphatic heterocycles. The van der Waals surface area contributed by atoms with Crippen molar-refractivity contribution in [2.45, 2.75) is 18.8 Å². The lowest BCUT2D eigenvalue weighted by Gasteiger charge is -2.34. The monoisotopic (exact) mass is 149 g/mol. The van der Waals surface area contributed by atoms with Gasteiger partial charge in [0.2, 0.25) is 0 Å². The minimum atomic E-state index is -0.282. The van der Waals surface area contributed by atoms with E-state index in [9.17, 15) is 5.21 Å². The minimum Gasteiger partial charge on any atom is -0.621 e. The van der Waals surface area contributed by atoms with Gasteiger partial charge in [-0.3, -0.25) is 0 Å². The fraction of sp³-hybridized carbons (Fsp3) is 1.00. The van der Waals surface area contributed by atoms with E-state index in [0.29, 0.717) is 13.2 Å². The molecule has 1 atom stereocenters. The van der Waals surface area contributed by atoms with Gasteiger partial charge in [-0.15, -0.1) is 0 Å². The Kier molecular flexibility index (Phi) is 2.00. The highest BCUT2D eigenvalue weighted by Crippen LogP contribution is 2.21. The van der Waals surface area contributed by atoms with Crippen LogP contribution in [-0.4, -0.2) is 18.1 Å². The van der Waals surface area contributed by atoms with Gasteiger partial charge in [0, 0.05) is 0 Å². The summed E-state index contributed by atoms with van der Waals surface area (Å²) in [6, 6.07) is 0. The van der Waals surface area contributed by atoms with Crippen LogP contribution in [0.15, 0.2) is 0 Å². The number of hydrogen-bond donors (Lipinski definition) is 1. The maximum atomic E-state index is 10.8. The minimum absolute atomic E-state index is 0.242. The fourth-order valence-corrected chi connectivity index (χ4v) is 1.61. The van der Waals surface area contributed by atoms with E-state index in [1.54, 1.807) is 0 Å². The summed E-state index contributed by atoms with van der Waals surface area (Å²) in [7, 11) is 0. The van der Waals surface area contributed by atoms with Gasteiger partial charge in [-0.05, 0) is 13.8 Å². The number of hydrogen-bond acceptors (Lipinski definition) is 3. The van der Waals surface area contributed by atoms with Crippen LogP contribution in [0, 0.1) is 5.21 Å². The van der Waals surface area contributed by atoms with E-state index in [0.717, 1.165) is 0 Å². The highest BCUT2D eigenvalue weighted by molar-refractivity contribution is 7.94. The molecule has 0 amide bonds. The third-order valence-electron chi connectivity index (χ3n) is 1.12. The van der Waals surface area contributed by atoms with Crippen LogP contribution in [-0.2, 0) is 4.74 Å². The van der Waals surface area contributed by atoms with E-state index in [4.69, 9.17) is 4.74 Å². The van der Waals surface area contributed by atoms with Crippen LogP contribution in [0.25, 0.3) is 0 Å². The van der Waals surface area contributed by atoms with Crippen LogP contribution in [0.5, 0.6) is 0 Å². The lowest BCUT2D eigenvalue weighted by molar-refractivity contribution is -0.704. The second-order valence-corrected chi connectivity index (χ2v) is 4.11. The number of quaternary nitrogens is 1. The van der Waals surface area contributed by atoms with E-state index in [2.05, 4.69) is 0 Å². The van der Waals surface area contributed by atoms with Gasteiger partial charge >= 0.3 is 0 Å². The summed E-state index contributed by atoms with van der Waals surface area (Å²) >= 11 is 1.28. The highest BCUT2D eigenvalue weighted by atomic mass is 32.2. The number of rotatable bonds is 0. The third kappa shape index (κ3) is 2.14. The van der Waals surface area contributed by atoms with Gasteiger partial charge in [0.05, 0.1) is 6.61 Å². The Hall–Kier alpha value is 0.230. The first kappa shape index (κ1) is 7.34. The molecule has 0 spiro atoms. The summed E-state index contributed by atoms with van der Waals surface area (Å²) in [5, 5.41) is 10.8. The Balaban J connectivity index is 2.41. The summed E-state index contributed by atoms with van der Waals surface area (Å²) in [5.41, 5.74) is 0. The quantitative estimate of drug-likeness (QED) is 0.382. The smallest absolute Gasteiger partial charge is 0.162 e. The van der Waals surface area contributed by atoms with Crippen LogP contribution in [0.4, 0.5) is 0 Å². The van der Waals surface area contributed by atoms with E-state index in [-0.39, 0.29) is 9.40 Å². The average Bonchev–Trinajstić information content (AvgIpc) is 1.60. The zero-order valence-corrected chi connectivity index (χ0v) is 6.46. The summed E-state index contributed by atoms with van der Waals surface area (Å²) in [4.78, 5) is -0.282. The van der Waals surface area contributed by atoms with E-state index in [1.807, 2.05) is 13.8 Å². The lowest BCUT2D eigenvalue weighted by atomic mass is 10.4. The largest absolute Gasteiger partial charge is 0.621 e. The van der Waals surface area contributed by atoms with Crippen molar-refractivity contribution < 1.29 is 9.21 Å². The Morgan fingerprint density at radius 3 is 2.67 bits per heavy atom. The van der Waals surface area contributed by atoms with Gasteiger partial charge in [0.25, 0.3) is 0 Å². The molecular weight excluding hydrogens is 138 g/mol. The molecule has 1 unspecified atom stereocenters. The average molecular weight is 149 g/mol. The van der Waals surface area contributed by atoms with Crippen molar-refractivity contribution >= 4 is 11.9 Å². The molecule has 0 aromatic rings. The third-order valence-corrected chi connectivity index (χ3v) is 2.16. The highest BCUT2D eigenvalue weighted by Gasteiger charge is 2.28. The van der Waals surface area contributed by atoms with Gasteiger partial charge in [-0.1, -0.05) is 0 Å². The number of ether oxygens (including phenoxy) is 1. The Morgan fingerprint density at radius 1 is 1.67 bits per heavy atom. The Morgan fingerprint density at radius 2 is 2.33 bits per heavy atom. The van der Waals surface area contributed by atoms with E-state index < -0.39 is 0 Å². The van der Waals surface area contributed by atoms with Crippen molar-refractivity contribution in [3.05, 3.63) is 5.21 Å². The van der Waals surface area contributed by atoms with Crippen molar-refractivity contribution in [1.82, 2.24) is 0 Å². The second kappa shape index (κ2) is 2.46. The molecule has 0 aromatic carbocycles. The van der Waals surface area contributed by atoms with Gasteiger partial charge < -0.3 is 14.4 Å². The molecule has 1 heterocycles. The number of nitrogens with one attached hydrogen (secondary N) is 1. The van der Waals surface area contributed by atoms with Crippen LogP contribution in [0.1, 0.15) is 13.8 Å². The molecule has 0 aromatic heterocycles. The molecule has 0 bridgehead atoms. The Bertz CT molecular complexity index is 107. The lowest BCUT2D eigenvalue weighted by Crippen LogP contribution is -3.03. The molecule has 1 saturated heterocycles. The first-order chi connectivity index (χ1) is 4.10. The summed E-state index contributed by atoms with van der Waals surface area (Å²) in [5.74, 6) is 0. The van der Waals surface area contributed by atoms with Gasteiger partial charge in [-0.25, -0.2) is 0 Å². The SMILES string of the molecule is CC1(C)OCC[NH+]([O-])S1. The number of hydroxylamine groups is 1. The van der Waals surface area contributed by atoms with Crippen LogP contribution in [0.3, 0.4) is 0 Å². The maximum absolute atomic E-state index is 10.8. The normalized spacial score (nSPS) is 34.3. The van der Waals surface area contributed by atoms with Crippen LogP contribution >= 0.6 is 11.9 Å². The van der Waals surface area contributed by atoms with E-state index in [1.165, 1.54) is 11.9 Å². The van der Waals surface area contributed by atoms with Crippen molar-refractivity contribution in [2.75, 3.05) is 13.2 Å². The predicted octanol–water partition coefficient (Wildman–Crippen LogP) is -0.216. The molecule has 3 nitrogen and oxygen atoms in total. The molecule has 4 heteroatoms. The van der Waals surface area contributed by atoms with Gasteiger partial charge in [0.1, 0.15) is 18.5 Å². The zero-order chi connectivity index (χ0) is 6.91. The maximum Gasteiger partial charge on any atom is 0.162 e. The first-order valence-electron chi connectivity index (χ1n) is 2.96. The van der Waals surface area contributed by atoms with Crippen LogP contribution < -0.4 is 4.47 Å². The second-order valence-electron chi connectivity index (χ2n) is 2.47. The topological polar surface area (TPSA) is 36.7 Å². The molecule has 0 aliphatic carbocycles. The van der Waals surface area contributed by atoms with Crippen molar-refractivity contribution in [3.8, 4) is 0 Å². The molecule has 1 rings (SSSR count). The molecule has 1 fully saturated rings. The van der Waals surface area contributed by atoms with Crippen molar-refractivity contribution in [3.63, 3.8) is 0 Å². The zero-order valence-electron chi connectivity index (χ0n) is 5.64. The predicted molar refractivity (Wildman–Crippen MR) is 36.8 cm³/mol. The summed E-state index contributed by atoms with van der Waals surface area (Å²) < 4.78 is 5.52. The van der Waals surface area contributed by atoms with Gasteiger partial charge in [-0.2, -0.15) is 0 Å². The van der Waals surface area contributed by atoms with Gasteiger partial charge in [0.15, 0.2) is 4.93 Å². The van der Waals surface area contributed by atoms with Crippen molar-refractivity contribution in [2.24, 2.45) is 0 Å². The first-order valence-corrected chi connectivity index (χ1v) is 3.78. The molecule has 1 N–H and O–H groups in total. The van der Waals surface area contributed by atoms with Crippen molar-refractivity contribution in [1.29, 1.82) is 0 Å². The van der Waals surface area contributed by atoms with Crippen LogP contribution in [0.2, 0.25) is 0 Å². The standard InChI is InChI=1S/C5H11NO2S/c1-5(2)8-4-3-6(7)9-5/h6H,3-4H2,1-2H3. The molecule has 54 valence electrons. The fourth-order valence-electron chi connectivity index (χ4n) is 0.735. The molecule has 9 heavy (non-hydrogen) atoms. The summed E-state index contributed by atoms with van der Waals surface area (Å²) in [6.07, 6.45) is 0. The molecule has 1 aliphatic rings. The Labute approximate surface area is 59.1 Å².